The van der Waals surface area contributed by atoms with Crippen LogP contribution in [0.2, 0.25) is 0 Å². The first-order chi connectivity index (χ1) is 13.2. The molecule has 7 heteroatoms. The highest BCUT2D eigenvalue weighted by Crippen LogP contribution is 2.42. The zero-order chi connectivity index (χ0) is 18.4. The van der Waals surface area contributed by atoms with Gasteiger partial charge in [-0.1, -0.05) is 18.2 Å². The molecule has 7 nitrogen and oxygen atoms in total. The van der Waals surface area contributed by atoms with E-state index >= 15 is 0 Å². The molecule has 1 saturated carbocycles. The minimum absolute atomic E-state index is 0.0621. The Bertz CT molecular complexity index is 1070. The predicted octanol–water partition coefficient (Wildman–Crippen LogP) is 2.03. The summed E-state index contributed by atoms with van der Waals surface area (Å²) in [6.07, 6.45) is 5.84. The number of benzene rings is 1. The van der Waals surface area contributed by atoms with Crippen molar-refractivity contribution in [1.29, 1.82) is 0 Å². The molecule has 0 unspecified atom stereocenters. The van der Waals surface area contributed by atoms with Crippen LogP contribution < -0.4 is 5.56 Å². The zero-order valence-corrected chi connectivity index (χ0v) is 14.8. The van der Waals surface area contributed by atoms with Crippen molar-refractivity contribution >= 4 is 5.91 Å². The van der Waals surface area contributed by atoms with Crippen molar-refractivity contribution in [3.8, 4) is 5.69 Å². The van der Waals surface area contributed by atoms with Crippen LogP contribution in [0, 0.1) is 0 Å². The number of carbonyl (C=O) groups excluding carboxylic acids is 1. The fourth-order valence-electron chi connectivity index (χ4n) is 3.75. The number of aromatic amines is 1. The van der Waals surface area contributed by atoms with Gasteiger partial charge < -0.3 is 9.88 Å². The monoisotopic (exact) mass is 361 g/mol. The van der Waals surface area contributed by atoms with Crippen LogP contribution >= 0.6 is 0 Å². The highest BCUT2D eigenvalue weighted by molar-refractivity contribution is 5.95. The summed E-state index contributed by atoms with van der Waals surface area (Å²) in [5, 5.41) is 4.51. The van der Waals surface area contributed by atoms with E-state index < -0.39 is 0 Å². The molecule has 0 bridgehead atoms. The second-order valence-corrected chi connectivity index (χ2v) is 7.10. The van der Waals surface area contributed by atoms with E-state index in [9.17, 15) is 9.59 Å². The number of hydrogen-bond donors (Lipinski definition) is 1. The minimum Gasteiger partial charge on any atom is -0.334 e. The Hall–Kier alpha value is -3.22. The Balaban J connectivity index is 1.50. The molecular weight excluding hydrogens is 342 g/mol. The van der Waals surface area contributed by atoms with Gasteiger partial charge in [0.2, 0.25) is 0 Å². The maximum absolute atomic E-state index is 13.3. The van der Waals surface area contributed by atoms with Gasteiger partial charge in [0.1, 0.15) is 0 Å². The van der Waals surface area contributed by atoms with Crippen molar-refractivity contribution < 1.29 is 4.79 Å². The van der Waals surface area contributed by atoms with E-state index in [0.717, 1.165) is 29.9 Å². The number of hydrogen-bond acceptors (Lipinski definition) is 4. The lowest BCUT2D eigenvalue weighted by Gasteiger charge is -2.27. The fraction of sp³-hybridized carbons (Fsp3) is 0.300. The van der Waals surface area contributed by atoms with Crippen molar-refractivity contribution in [1.82, 2.24) is 24.6 Å². The van der Waals surface area contributed by atoms with Gasteiger partial charge >= 0.3 is 0 Å². The average Bonchev–Trinajstić information content (AvgIpc) is 3.46. The number of fused-ring (bicyclic) bond motifs is 1. The smallest absolute Gasteiger partial charge is 0.257 e. The lowest BCUT2D eigenvalue weighted by molar-refractivity contribution is 0.0731. The van der Waals surface area contributed by atoms with Gasteiger partial charge in [-0.25, -0.2) is 9.67 Å². The summed E-state index contributed by atoms with van der Waals surface area (Å²) in [6.45, 7) is 0.848. The van der Waals surface area contributed by atoms with Crippen molar-refractivity contribution in [2.24, 2.45) is 0 Å². The average molecular weight is 361 g/mol. The van der Waals surface area contributed by atoms with E-state index in [2.05, 4.69) is 15.1 Å². The Labute approximate surface area is 155 Å². The summed E-state index contributed by atoms with van der Waals surface area (Å²) in [4.78, 5) is 33.9. The van der Waals surface area contributed by atoms with Crippen molar-refractivity contribution in [2.75, 3.05) is 6.54 Å². The molecule has 1 aliphatic carbocycles. The highest BCUT2D eigenvalue weighted by Gasteiger charge is 2.35. The van der Waals surface area contributed by atoms with E-state index in [1.165, 1.54) is 6.33 Å². The Kier molecular flexibility index (Phi) is 3.67. The molecule has 3 aromatic rings. The Morgan fingerprint density at radius 3 is 2.78 bits per heavy atom. The number of amides is 1. The third kappa shape index (κ3) is 2.75. The first-order valence-corrected chi connectivity index (χ1v) is 9.20. The summed E-state index contributed by atoms with van der Waals surface area (Å²) in [6, 6.07) is 9.89. The Morgan fingerprint density at radius 2 is 2.00 bits per heavy atom. The van der Waals surface area contributed by atoms with Crippen LogP contribution in [0.1, 0.15) is 46.1 Å². The maximum atomic E-state index is 13.3. The van der Waals surface area contributed by atoms with Crippen LogP contribution in [-0.2, 0) is 13.0 Å². The second kappa shape index (κ2) is 6.19. The van der Waals surface area contributed by atoms with E-state index in [4.69, 9.17) is 0 Å². The van der Waals surface area contributed by atoms with Crippen LogP contribution in [0.25, 0.3) is 5.69 Å². The molecule has 1 amide bonds. The molecule has 0 atom stereocenters. The lowest BCUT2D eigenvalue weighted by atomic mass is 10.1. The van der Waals surface area contributed by atoms with Gasteiger partial charge in [-0.2, -0.15) is 5.10 Å². The van der Waals surface area contributed by atoms with Gasteiger partial charge in [0.25, 0.3) is 11.5 Å². The number of nitrogens with one attached hydrogen (secondary N) is 1. The quantitative estimate of drug-likeness (QED) is 0.774. The summed E-state index contributed by atoms with van der Waals surface area (Å²) in [5.41, 5.74) is 3.79. The third-order valence-corrected chi connectivity index (χ3v) is 5.29. The second-order valence-electron chi connectivity index (χ2n) is 7.10. The molecule has 0 radical (unpaired) electrons. The number of carbonyl (C=O) groups is 1. The van der Waals surface area contributed by atoms with Gasteiger partial charge in [0.05, 0.1) is 47.3 Å². The predicted molar refractivity (Wildman–Crippen MR) is 98.8 cm³/mol. The normalized spacial score (nSPS) is 16.2. The molecule has 1 N–H and O–H groups in total. The SMILES string of the molecule is O=C(c1cnn(-c2ccccc2)c1C1CC1)N1CCc2nc[nH]c(=O)c2C1. The van der Waals surface area contributed by atoms with Crippen LogP contribution in [-0.4, -0.2) is 37.1 Å². The molecule has 2 aromatic heterocycles. The molecule has 3 heterocycles. The van der Waals surface area contributed by atoms with Gasteiger partial charge in [0, 0.05) is 18.9 Å². The van der Waals surface area contributed by atoms with Crippen LogP contribution in [0.4, 0.5) is 0 Å². The standard InChI is InChI=1S/C20H19N5O2/c26-19-16-11-24(9-8-17(16)21-12-22-19)20(27)15-10-23-25(18(15)13-6-7-13)14-4-2-1-3-5-14/h1-5,10,12-13H,6-9,11H2,(H,21,22,26). The number of para-hydroxylation sites is 1. The molecular formula is C20H19N5O2. The molecule has 5 rings (SSSR count). The van der Waals surface area contributed by atoms with Crippen molar-refractivity contribution in [3.05, 3.63) is 75.7 Å². The topological polar surface area (TPSA) is 83.9 Å². The van der Waals surface area contributed by atoms with Crippen molar-refractivity contribution in [2.45, 2.75) is 31.7 Å². The number of aromatic nitrogens is 4. The van der Waals surface area contributed by atoms with Crippen molar-refractivity contribution in [3.63, 3.8) is 0 Å². The number of H-pyrrole nitrogens is 1. The van der Waals surface area contributed by atoms with Crippen LogP contribution in [0.15, 0.2) is 47.7 Å². The fourth-order valence-corrected chi connectivity index (χ4v) is 3.75. The maximum Gasteiger partial charge on any atom is 0.257 e. The van der Waals surface area contributed by atoms with Crippen LogP contribution in [0.3, 0.4) is 0 Å². The van der Waals surface area contributed by atoms with E-state index in [0.29, 0.717) is 30.0 Å². The summed E-state index contributed by atoms with van der Waals surface area (Å²) < 4.78 is 1.89. The largest absolute Gasteiger partial charge is 0.334 e. The molecule has 1 fully saturated rings. The molecule has 0 saturated heterocycles. The Morgan fingerprint density at radius 1 is 1.19 bits per heavy atom. The summed E-state index contributed by atoms with van der Waals surface area (Å²) in [5.74, 6) is 0.307. The highest BCUT2D eigenvalue weighted by atomic mass is 16.2. The minimum atomic E-state index is -0.167. The first-order valence-electron chi connectivity index (χ1n) is 9.20. The van der Waals surface area contributed by atoms with E-state index in [-0.39, 0.29) is 18.0 Å². The summed E-state index contributed by atoms with van der Waals surface area (Å²) in [7, 11) is 0. The molecule has 0 spiro atoms. The van der Waals surface area contributed by atoms with Gasteiger partial charge in [-0.15, -0.1) is 0 Å². The molecule has 2 aliphatic rings. The van der Waals surface area contributed by atoms with Gasteiger partial charge in [-0.3, -0.25) is 9.59 Å². The lowest BCUT2D eigenvalue weighted by Crippen LogP contribution is -2.39. The third-order valence-electron chi connectivity index (χ3n) is 5.29. The van der Waals surface area contributed by atoms with E-state index in [1.54, 1.807) is 11.1 Å². The number of nitrogens with zero attached hydrogens (tertiary/aromatic N) is 4. The number of rotatable bonds is 3. The van der Waals surface area contributed by atoms with E-state index in [1.807, 2.05) is 35.0 Å². The zero-order valence-electron chi connectivity index (χ0n) is 14.8. The van der Waals surface area contributed by atoms with Gasteiger partial charge in [0.15, 0.2) is 0 Å². The molecule has 1 aromatic carbocycles. The molecule has 1 aliphatic heterocycles. The van der Waals surface area contributed by atoms with Crippen LogP contribution in [0.5, 0.6) is 0 Å². The molecule has 27 heavy (non-hydrogen) atoms. The molecule has 136 valence electrons. The summed E-state index contributed by atoms with van der Waals surface area (Å²) >= 11 is 0. The first kappa shape index (κ1) is 16.0. The van der Waals surface area contributed by atoms with Gasteiger partial charge in [-0.05, 0) is 25.0 Å².